The van der Waals surface area contributed by atoms with Crippen LogP contribution in [0.25, 0.3) is 11.5 Å². The molecule has 0 saturated heterocycles. The summed E-state index contributed by atoms with van der Waals surface area (Å²) in [7, 11) is 1.38. The molecular formula is C13H13FN2O4. The van der Waals surface area contributed by atoms with Crippen LogP contribution in [0, 0.1) is 5.82 Å². The third-order valence-electron chi connectivity index (χ3n) is 2.65. The second-order valence-corrected chi connectivity index (χ2v) is 4.10. The van der Waals surface area contributed by atoms with Gasteiger partial charge >= 0.3 is 5.97 Å². The number of halogens is 1. The van der Waals surface area contributed by atoms with Gasteiger partial charge in [0.15, 0.2) is 11.6 Å². The molecular weight excluding hydrogens is 267 g/mol. The van der Waals surface area contributed by atoms with E-state index in [1.54, 1.807) is 6.07 Å². The molecule has 1 aromatic heterocycles. The predicted octanol–water partition coefficient (Wildman–Crippen LogP) is 2.29. The van der Waals surface area contributed by atoms with Crippen LogP contribution in [0.2, 0.25) is 0 Å². The summed E-state index contributed by atoms with van der Waals surface area (Å²) in [5.41, 5.74) is 0.445. The zero-order chi connectivity index (χ0) is 14.5. The molecule has 2 aromatic rings. The second-order valence-electron chi connectivity index (χ2n) is 4.10. The predicted molar refractivity (Wildman–Crippen MR) is 66.8 cm³/mol. The van der Waals surface area contributed by atoms with Crippen LogP contribution in [-0.2, 0) is 11.2 Å². The van der Waals surface area contributed by atoms with E-state index in [-0.39, 0.29) is 18.1 Å². The van der Waals surface area contributed by atoms with Crippen molar-refractivity contribution in [3.05, 3.63) is 29.9 Å². The Labute approximate surface area is 114 Å². The van der Waals surface area contributed by atoms with E-state index in [9.17, 15) is 9.18 Å². The number of aliphatic carboxylic acids is 1. The average Bonchev–Trinajstić information content (AvgIpc) is 2.87. The molecule has 0 bridgehead atoms. The van der Waals surface area contributed by atoms with Crippen LogP contribution in [0.3, 0.4) is 0 Å². The van der Waals surface area contributed by atoms with E-state index < -0.39 is 11.8 Å². The number of methoxy groups -OCH3 is 1. The van der Waals surface area contributed by atoms with Gasteiger partial charge in [0.1, 0.15) is 0 Å². The topological polar surface area (TPSA) is 85.5 Å². The Kier molecular flexibility index (Phi) is 4.29. The minimum Gasteiger partial charge on any atom is -0.494 e. The highest BCUT2D eigenvalue weighted by molar-refractivity contribution is 5.66. The van der Waals surface area contributed by atoms with Crippen LogP contribution in [0.15, 0.2) is 22.6 Å². The van der Waals surface area contributed by atoms with Crippen LogP contribution in [0.1, 0.15) is 18.7 Å². The van der Waals surface area contributed by atoms with Gasteiger partial charge in [-0.25, -0.2) is 4.39 Å². The minimum absolute atomic E-state index is 0.0366. The van der Waals surface area contributed by atoms with E-state index in [1.807, 2.05) is 0 Å². The first-order valence-electron chi connectivity index (χ1n) is 5.98. The van der Waals surface area contributed by atoms with Crippen LogP contribution >= 0.6 is 0 Å². The monoisotopic (exact) mass is 280 g/mol. The number of hydrogen-bond donors (Lipinski definition) is 1. The molecule has 0 aliphatic carbocycles. The Bertz CT molecular complexity index is 612. The second kappa shape index (κ2) is 6.14. The molecule has 20 heavy (non-hydrogen) atoms. The third kappa shape index (κ3) is 3.31. The van der Waals surface area contributed by atoms with Crippen molar-refractivity contribution in [2.45, 2.75) is 19.3 Å². The summed E-state index contributed by atoms with van der Waals surface area (Å²) in [5, 5.41) is 16.1. The first kappa shape index (κ1) is 14.0. The smallest absolute Gasteiger partial charge is 0.303 e. The van der Waals surface area contributed by atoms with Gasteiger partial charge in [-0.3, -0.25) is 4.79 Å². The first-order chi connectivity index (χ1) is 9.60. The number of aryl methyl sites for hydroxylation is 1. The number of benzene rings is 1. The van der Waals surface area contributed by atoms with Crippen molar-refractivity contribution in [3.63, 3.8) is 0 Å². The normalized spacial score (nSPS) is 10.5. The van der Waals surface area contributed by atoms with Gasteiger partial charge < -0.3 is 14.3 Å². The van der Waals surface area contributed by atoms with E-state index in [4.69, 9.17) is 14.3 Å². The first-order valence-corrected chi connectivity index (χ1v) is 5.98. The lowest BCUT2D eigenvalue weighted by Gasteiger charge is -2.01. The summed E-state index contributed by atoms with van der Waals surface area (Å²) in [6.45, 7) is 0. The maximum Gasteiger partial charge on any atom is 0.303 e. The lowest BCUT2D eigenvalue weighted by atomic mass is 10.2. The number of carboxylic acid groups (broad SMARTS) is 1. The van der Waals surface area contributed by atoms with Gasteiger partial charge in [0, 0.05) is 18.4 Å². The van der Waals surface area contributed by atoms with Gasteiger partial charge in [0.2, 0.25) is 11.8 Å². The minimum atomic E-state index is -0.873. The molecule has 106 valence electrons. The molecule has 0 radical (unpaired) electrons. The fourth-order valence-corrected chi connectivity index (χ4v) is 1.66. The van der Waals surface area contributed by atoms with Gasteiger partial charge in [0.05, 0.1) is 7.11 Å². The highest BCUT2D eigenvalue weighted by Crippen LogP contribution is 2.24. The maximum absolute atomic E-state index is 13.6. The average molecular weight is 280 g/mol. The molecule has 0 spiro atoms. The van der Waals surface area contributed by atoms with E-state index in [2.05, 4.69) is 10.2 Å². The molecule has 0 saturated carbocycles. The SMILES string of the molecule is COc1ccc(-c2nnc(CCCC(=O)O)o2)cc1F. The van der Waals surface area contributed by atoms with E-state index in [0.717, 1.165) is 0 Å². The molecule has 0 aliphatic heterocycles. The van der Waals surface area contributed by atoms with Crippen molar-refractivity contribution in [1.82, 2.24) is 10.2 Å². The van der Waals surface area contributed by atoms with Gasteiger partial charge in [-0.2, -0.15) is 0 Å². The number of ether oxygens (including phenoxy) is 1. The van der Waals surface area contributed by atoms with Gasteiger partial charge in [-0.15, -0.1) is 10.2 Å². The summed E-state index contributed by atoms with van der Waals surface area (Å²) in [6, 6.07) is 4.32. The van der Waals surface area contributed by atoms with Gasteiger partial charge in [-0.05, 0) is 24.6 Å². The molecule has 1 heterocycles. The highest BCUT2D eigenvalue weighted by Gasteiger charge is 2.12. The highest BCUT2D eigenvalue weighted by atomic mass is 19.1. The van der Waals surface area contributed by atoms with E-state index >= 15 is 0 Å². The van der Waals surface area contributed by atoms with Crippen molar-refractivity contribution >= 4 is 5.97 Å². The molecule has 2 rings (SSSR count). The van der Waals surface area contributed by atoms with Gasteiger partial charge in [0.25, 0.3) is 0 Å². The lowest BCUT2D eigenvalue weighted by Crippen LogP contribution is -1.95. The molecule has 0 amide bonds. The number of nitrogens with zero attached hydrogens (tertiary/aromatic N) is 2. The molecule has 6 nitrogen and oxygen atoms in total. The fourth-order valence-electron chi connectivity index (χ4n) is 1.66. The Morgan fingerprint density at radius 3 is 2.90 bits per heavy atom. The number of hydrogen-bond acceptors (Lipinski definition) is 5. The summed E-state index contributed by atoms with van der Waals surface area (Å²) in [5.74, 6) is -0.734. The van der Waals surface area contributed by atoms with Crippen molar-refractivity contribution in [2.75, 3.05) is 7.11 Å². The van der Waals surface area contributed by atoms with Crippen molar-refractivity contribution in [1.29, 1.82) is 0 Å². The third-order valence-corrected chi connectivity index (χ3v) is 2.65. The molecule has 1 N–H and O–H groups in total. The number of carboxylic acids is 1. The standard InChI is InChI=1S/C13H13FN2O4/c1-19-10-6-5-8(7-9(10)14)13-16-15-11(20-13)3-2-4-12(17)18/h5-7H,2-4H2,1H3,(H,17,18). The summed E-state index contributed by atoms with van der Waals surface area (Å²) in [6.07, 6.45) is 0.820. The number of aromatic nitrogens is 2. The Morgan fingerprint density at radius 2 is 2.25 bits per heavy atom. The number of rotatable bonds is 6. The van der Waals surface area contributed by atoms with Crippen molar-refractivity contribution in [3.8, 4) is 17.2 Å². The molecule has 0 fully saturated rings. The Morgan fingerprint density at radius 1 is 1.45 bits per heavy atom. The van der Waals surface area contributed by atoms with Crippen LogP contribution in [-0.4, -0.2) is 28.4 Å². The Balaban J connectivity index is 2.08. The van der Waals surface area contributed by atoms with Crippen LogP contribution in [0.4, 0.5) is 4.39 Å². The molecule has 1 aromatic carbocycles. The fraction of sp³-hybridized carbons (Fsp3) is 0.308. The van der Waals surface area contributed by atoms with Crippen LogP contribution in [0.5, 0.6) is 5.75 Å². The van der Waals surface area contributed by atoms with Crippen molar-refractivity contribution in [2.24, 2.45) is 0 Å². The maximum atomic E-state index is 13.6. The lowest BCUT2D eigenvalue weighted by molar-refractivity contribution is -0.137. The van der Waals surface area contributed by atoms with E-state index in [0.29, 0.717) is 24.3 Å². The summed E-state index contributed by atoms with van der Waals surface area (Å²) in [4.78, 5) is 10.4. The molecule has 0 aliphatic rings. The van der Waals surface area contributed by atoms with Crippen LogP contribution < -0.4 is 4.74 Å². The summed E-state index contributed by atoms with van der Waals surface area (Å²) >= 11 is 0. The van der Waals surface area contributed by atoms with Crippen molar-refractivity contribution < 1.29 is 23.4 Å². The largest absolute Gasteiger partial charge is 0.494 e. The molecule has 0 atom stereocenters. The quantitative estimate of drug-likeness (QED) is 0.873. The molecule has 0 unspecified atom stereocenters. The zero-order valence-electron chi connectivity index (χ0n) is 10.8. The van der Waals surface area contributed by atoms with Gasteiger partial charge in [-0.1, -0.05) is 0 Å². The zero-order valence-corrected chi connectivity index (χ0v) is 10.8. The number of carbonyl (C=O) groups is 1. The molecule has 7 heteroatoms. The Hall–Kier alpha value is -2.44. The summed E-state index contributed by atoms with van der Waals surface area (Å²) < 4.78 is 23.7. The van der Waals surface area contributed by atoms with E-state index in [1.165, 1.54) is 19.2 Å².